The molecule has 0 radical (unpaired) electrons. The molecule has 2 rings (SSSR count). The summed E-state index contributed by atoms with van der Waals surface area (Å²) in [5, 5.41) is 19.2. The van der Waals surface area contributed by atoms with E-state index in [0.717, 1.165) is 5.56 Å². The Hall–Kier alpha value is -2.96. The summed E-state index contributed by atoms with van der Waals surface area (Å²) in [6, 6.07) is 11.9. The van der Waals surface area contributed by atoms with Gasteiger partial charge in [0.1, 0.15) is 0 Å². The lowest BCUT2D eigenvalue weighted by molar-refractivity contribution is -0.688. The normalized spacial score (nSPS) is 10.2. The number of nitro benzene ring substituents is 1. The lowest BCUT2D eigenvalue weighted by Crippen LogP contribution is -2.33. The first-order valence-electron chi connectivity index (χ1n) is 6.19. The number of nitriles is 1. The molecule has 0 N–H and O–H groups in total. The fourth-order valence-corrected chi connectivity index (χ4v) is 1.57. The first-order chi connectivity index (χ1) is 10.7. The average molecular weight is 327 g/mol. The number of non-ortho nitro benzene ring substituents is 1. The van der Waals surface area contributed by atoms with E-state index >= 15 is 0 Å². The molecule has 0 bridgehead atoms. The third kappa shape index (κ3) is 7.56. The summed E-state index contributed by atoms with van der Waals surface area (Å²) in [7, 11) is -6.00. The van der Waals surface area contributed by atoms with Crippen molar-refractivity contribution >= 4 is 12.9 Å². The Morgan fingerprint density at radius 3 is 1.96 bits per heavy atom. The smallest absolute Gasteiger partial charge is 0.418 e. The van der Waals surface area contributed by atoms with Crippen molar-refractivity contribution in [1.82, 2.24) is 0 Å². The van der Waals surface area contributed by atoms with E-state index in [1.165, 1.54) is 12.1 Å². The van der Waals surface area contributed by atoms with Crippen LogP contribution in [0.3, 0.4) is 0 Å². The van der Waals surface area contributed by atoms with Crippen LogP contribution in [-0.4, -0.2) is 12.2 Å². The predicted octanol–water partition coefficient (Wildman–Crippen LogP) is 3.10. The van der Waals surface area contributed by atoms with Crippen molar-refractivity contribution in [3.63, 3.8) is 0 Å². The number of hydrogen-bond donors (Lipinski definition) is 0. The third-order valence-corrected chi connectivity index (χ3v) is 2.53. The molecule has 0 unspecified atom stereocenters. The van der Waals surface area contributed by atoms with Gasteiger partial charge in [-0.2, -0.15) is 5.26 Å². The molecule has 0 fully saturated rings. The topological polar surface area (TPSA) is 70.8 Å². The SMILES string of the molecule is F[B-](F)(F)F.N#Cc1cc[n+](Cc2ccc([N+](=O)[O-])cc2)cc1. The molecule has 0 aliphatic carbocycles. The molecule has 0 amide bonds. The Morgan fingerprint density at radius 2 is 1.57 bits per heavy atom. The summed E-state index contributed by atoms with van der Waals surface area (Å²) in [4.78, 5) is 10.1. The number of halogens is 4. The van der Waals surface area contributed by atoms with E-state index in [4.69, 9.17) is 5.26 Å². The van der Waals surface area contributed by atoms with Gasteiger partial charge in [0.2, 0.25) is 0 Å². The van der Waals surface area contributed by atoms with E-state index in [1.807, 2.05) is 10.6 Å². The van der Waals surface area contributed by atoms with Crippen molar-refractivity contribution in [2.75, 3.05) is 0 Å². The molecule has 0 spiro atoms. The quantitative estimate of drug-likeness (QED) is 0.286. The van der Waals surface area contributed by atoms with Crippen LogP contribution < -0.4 is 4.57 Å². The highest BCUT2D eigenvalue weighted by atomic mass is 19.5. The summed E-state index contributed by atoms with van der Waals surface area (Å²) in [6.07, 6.45) is 3.61. The molecular weight excluding hydrogens is 317 g/mol. The molecule has 1 aromatic heterocycles. The van der Waals surface area contributed by atoms with Crippen LogP contribution in [0, 0.1) is 21.4 Å². The van der Waals surface area contributed by atoms with Crippen molar-refractivity contribution < 1.29 is 26.8 Å². The zero-order valence-electron chi connectivity index (χ0n) is 11.6. The number of pyridine rings is 1. The lowest BCUT2D eigenvalue weighted by atomic mass is 10.2. The first kappa shape index (κ1) is 18.1. The zero-order chi connectivity index (χ0) is 17.5. The second-order valence-corrected chi connectivity index (χ2v) is 4.29. The number of nitrogens with zero attached hydrogens (tertiary/aromatic N) is 3. The minimum atomic E-state index is -6.00. The van der Waals surface area contributed by atoms with Crippen LogP contribution in [0.15, 0.2) is 48.8 Å². The fraction of sp³-hybridized carbons (Fsp3) is 0.0769. The second-order valence-electron chi connectivity index (χ2n) is 4.29. The number of aromatic nitrogens is 1. The molecule has 0 saturated carbocycles. The fourth-order valence-electron chi connectivity index (χ4n) is 1.57. The van der Waals surface area contributed by atoms with Gasteiger partial charge in [0.05, 0.1) is 16.6 Å². The highest BCUT2D eigenvalue weighted by Crippen LogP contribution is 2.11. The number of hydrogen-bond acceptors (Lipinski definition) is 3. The van der Waals surface area contributed by atoms with Crippen LogP contribution in [0.5, 0.6) is 0 Å². The third-order valence-electron chi connectivity index (χ3n) is 2.53. The monoisotopic (exact) mass is 327 g/mol. The Kier molecular flexibility index (Phi) is 6.20. The van der Waals surface area contributed by atoms with E-state index in [-0.39, 0.29) is 5.69 Å². The standard InChI is InChI=1S/C13H10N3O2.BF4/c14-9-11-5-7-15(8-6-11)10-12-1-3-13(4-2-12)16(17)18;2-1(3,4)5/h1-8H,10H2;/q+1;-1. The van der Waals surface area contributed by atoms with Gasteiger partial charge in [-0.3, -0.25) is 10.1 Å². The molecular formula is C13H10BF4N3O2. The summed E-state index contributed by atoms with van der Waals surface area (Å²) in [6.45, 7) is 0.615. The number of nitro groups is 1. The van der Waals surface area contributed by atoms with Crippen LogP contribution in [0.25, 0.3) is 0 Å². The lowest BCUT2D eigenvalue weighted by Gasteiger charge is -1.97. The molecule has 0 saturated heterocycles. The van der Waals surface area contributed by atoms with Crippen molar-refractivity contribution in [3.05, 3.63) is 70.0 Å². The Balaban J connectivity index is 0.000000463. The van der Waals surface area contributed by atoms with Crippen molar-refractivity contribution in [1.29, 1.82) is 5.26 Å². The number of rotatable bonds is 3. The van der Waals surface area contributed by atoms with Gasteiger partial charge in [-0.15, -0.1) is 0 Å². The van der Waals surface area contributed by atoms with E-state index < -0.39 is 12.2 Å². The van der Waals surface area contributed by atoms with E-state index in [0.29, 0.717) is 12.1 Å². The van der Waals surface area contributed by atoms with Gasteiger partial charge in [-0.1, -0.05) is 0 Å². The molecule has 120 valence electrons. The second kappa shape index (κ2) is 7.88. The van der Waals surface area contributed by atoms with Gasteiger partial charge in [0.25, 0.3) is 5.69 Å². The molecule has 2 aromatic rings. The van der Waals surface area contributed by atoms with E-state index in [1.54, 1.807) is 36.7 Å². The maximum absolute atomic E-state index is 10.5. The maximum Gasteiger partial charge on any atom is 0.673 e. The Bertz CT molecular complexity index is 691. The molecule has 1 aromatic carbocycles. The first-order valence-corrected chi connectivity index (χ1v) is 6.19. The molecule has 23 heavy (non-hydrogen) atoms. The van der Waals surface area contributed by atoms with Gasteiger partial charge in [0.15, 0.2) is 18.9 Å². The van der Waals surface area contributed by atoms with Gasteiger partial charge in [0, 0.05) is 29.8 Å². The number of benzene rings is 1. The highest BCUT2D eigenvalue weighted by Gasteiger charge is 2.20. The summed E-state index contributed by atoms with van der Waals surface area (Å²) < 4.78 is 40.9. The minimum Gasteiger partial charge on any atom is -0.418 e. The summed E-state index contributed by atoms with van der Waals surface area (Å²) in [5.41, 5.74) is 1.66. The van der Waals surface area contributed by atoms with Crippen molar-refractivity contribution in [2.45, 2.75) is 6.54 Å². The molecule has 1 heterocycles. The van der Waals surface area contributed by atoms with E-state index in [2.05, 4.69) is 0 Å². The van der Waals surface area contributed by atoms with Crippen molar-refractivity contribution in [2.24, 2.45) is 0 Å². The van der Waals surface area contributed by atoms with Crippen LogP contribution in [0.4, 0.5) is 23.0 Å². The molecule has 0 atom stereocenters. The Morgan fingerprint density at radius 1 is 1.09 bits per heavy atom. The molecule has 10 heteroatoms. The summed E-state index contributed by atoms with van der Waals surface area (Å²) in [5.74, 6) is 0. The molecule has 5 nitrogen and oxygen atoms in total. The molecule has 0 aliphatic heterocycles. The van der Waals surface area contributed by atoms with Crippen LogP contribution in [0.1, 0.15) is 11.1 Å². The van der Waals surface area contributed by atoms with Crippen LogP contribution >= 0.6 is 0 Å². The van der Waals surface area contributed by atoms with Gasteiger partial charge in [-0.05, 0) is 12.1 Å². The van der Waals surface area contributed by atoms with Gasteiger partial charge >= 0.3 is 7.25 Å². The highest BCUT2D eigenvalue weighted by molar-refractivity contribution is 6.50. The largest absolute Gasteiger partial charge is 0.673 e. The van der Waals surface area contributed by atoms with Crippen LogP contribution in [0.2, 0.25) is 0 Å². The van der Waals surface area contributed by atoms with Gasteiger partial charge < -0.3 is 17.3 Å². The van der Waals surface area contributed by atoms with Crippen LogP contribution in [-0.2, 0) is 6.54 Å². The summed E-state index contributed by atoms with van der Waals surface area (Å²) >= 11 is 0. The molecule has 0 aliphatic rings. The predicted molar refractivity (Wildman–Crippen MR) is 73.7 cm³/mol. The van der Waals surface area contributed by atoms with Crippen molar-refractivity contribution in [3.8, 4) is 6.07 Å². The zero-order valence-corrected chi connectivity index (χ0v) is 11.6. The van der Waals surface area contributed by atoms with E-state index in [9.17, 15) is 27.4 Å². The maximum atomic E-state index is 10.5. The minimum absolute atomic E-state index is 0.0866. The van der Waals surface area contributed by atoms with Gasteiger partial charge in [-0.25, -0.2) is 4.57 Å². The average Bonchev–Trinajstić information content (AvgIpc) is 2.47. The Labute approximate surface area is 128 Å².